The van der Waals surface area contributed by atoms with Gasteiger partial charge in [0.15, 0.2) is 0 Å². The van der Waals surface area contributed by atoms with Crippen LogP contribution in [0, 0.1) is 6.92 Å². The maximum absolute atomic E-state index is 6.60. The minimum atomic E-state index is -0.614. The lowest BCUT2D eigenvalue weighted by Gasteiger charge is -2.29. The Kier molecular flexibility index (Phi) is 3.97. The van der Waals surface area contributed by atoms with E-state index >= 15 is 0 Å². The van der Waals surface area contributed by atoms with Crippen molar-refractivity contribution in [1.82, 2.24) is 0 Å². The Morgan fingerprint density at radius 1 is 1.11 bits per heavy atom. The molecular formula is C16H18BrNO. The lowest BCUT2D eigenvalue weighted by Crippen LogP contribution is -2.35. The lowest BCUT2D eigenvalue weighted by atomic mass is 9.84. The van der Waals surface area contributed by atoms with E-state index in [1.807, 2.05) is 43.3 Å². The number of nitrogens with two attached hydrogens (primary N) is 1. The average Bonchev–Trinajstić information content (AvgIpc) is 2.39. The smallest absolute Gasteiger partial charge is 0.124 e. The fourth-order valence-electron chi connectivity index (χ4n) is 2.26. The van der Waals surface area contributed by atoms with Crippen LogP contribution in [-0.4, -0.2) is 7.11 Å². The number of ether oxygens (including phenoxy) is 1. The molecule has 2 aromatic rings. The highest BCUT2D eigenvalue weighted by Gasteiger charge is 2.29. The van der Waals surface area contributed by atoms with Crippen LogP contribution in [0.1, 0.15) is 23.6 Å². The zero-order chi connectivity index (χ0) is 14.0. The van der Waals surface area contributed by atoms with Gasteiger partial charge in [-0.3, -0.25) is 0 Å². The normalized spacial score (nSPS) is 13.9. The predicted octanol–water partition coefficient (Wildman–Crippen LogP) is 3.99. The maximum atomic E-state index is 6.60. The van der Waals surface area contributed by atoms with Crippen LogP contribution >= 0.6 is 15.9 Å². The molecule has 0 spiro atoms. The first-order valence-corrected chi connectivity index (χ1v) is 6.95. The second-order valence-electron chi connectivity index (χ2n) is 4.89. The van der Waals surface area contributed by atoms with Gasteiger partial charge in [-0.1, -0.05) is 51.8 Å². The van der Waals surface area contributed by atoms with E-state index in [2.05, 4.69) is 28.9 Å². The number of aryl methyl sites for hydroxylation is 1. The van der Waals surface area contributed by atoms with Gasteiger partial charge < -0.3 is 10.5 Å². The molecule has 0 saturated carbocycles. The molecule has 0 fully saturated rings. The molecule has 2 rings (SSSR count). The van der Waals surface area contributed by atoms with E-state index in [4.69, 9.17) is 10.5 Å². The Hall–Kier alpha value is -1.32. The molecule has 0 heterocycles. The number of hydrogen-bond acceptors (Lipinski definition) is 2. The SMILES string of the molecule is COc1ccc(C)cc1C(C)(N)c1ccccc1Br. The molecule has 0 saturated heterocycles. The van der Waals surface area contributed by atoms with Crippen LogP contribution in [0.2, 0.25) is 0 Å². The second-order valence-corrected chi connectivity index (χ2v) is 5.74. The molecule has 0 radical (unpaired) electrons. The molecule has 19 heavy (non-hydrogen) atoms. The average molecular weight is 320 g/mol. The van der Waals surface area contributed by atoms with Crippen molar-refractivity contribution in [2.24, 2.45) is 5.73 Å². The van der Waals surface area contributed by atoms with Crippen molar-refractivity contribution >= 4 is 15.9 Å². The van der Waals surface area contributed by atoms with Crippen molar-refractivity contribution in [2.45, 2.75) is 19.4 Å². The van der Waals surface area contributed by atoms with Gasteiger partial charge in [0.2, 0.25) is 0 Å². The summed E-state index contributed by atoms with van der Waals surface area (Å²) in [5.74, 6) is 0.811. The molecule has 0 aromatic heterocycles. The van der Waals surface area contributed by atoms with Crippen LogP contribution in [0.15, 0.2) is 46.9 Å². The van der Waals surface area contributed by atoms with Gasteiger partial charge in [-0.25, -0.2) is 0 Å². The predicted molar refractivity (Wildman–Crippen MR) is 82.5 cm³/mol. The zero-order valence-corrected chi connectivity index (χ0v) is 13.0. The standard InChI is InChI=1S/C16H18BrNO/c1-11-8-9-15(19-3)13(10-11)16(2,18)12-6-4-5-7-14(12)17/h4-10H,18H2,1-3H3. The number of benzene rings is 2. The van der Waals surface area contributed by atoms with E-state index in [1.54, 1.807) is 7.11 Å². The third-order valence-electron chi connectivity index (χ3n) is 3.35. The summed E-state index contributed by atoms with van der Waals surface area (Å²) in [5, 5.41) is 0. The van der Waals surface area contributed by atoms with Crippen LogP contribution < -0.4 is 10.5 Å². The van der Waals surface area contributed by atoms with Gasteiger partial charge in [-0.15, -0.1) is 0 Å². The molecule has 0 aliphatic rings. The minimum absolute atomic E-state index is 0.614. The number of methoxy groups -OCH3 is 1. The van der Waals surface area contributed by atoms with Gasteiger partial charge in [-0.05, 0) is 31.5 Å². The van der Waals surface area contributed by atoms with Crippen LogP contribution in [-0.2, 0) is 5.54 Å². The topological polar surface area (TPSA) is 35.2 Å². The molecule has 0 bridgehead atoms. The summed E-state index contributed by atoms with van der Waals surface area (Å²) in [6.07, 6.45) is 0. The largest absolute Gasteiger partial charge is 0.496 e. The van der Waals surface area contributed by atoms with Crippen molar-refractivity contribution in [3.63, 3.8) is 0 Å². The quantitative estimate of drug-likeness (QED) is 0.928. The molecular weight excluding hydrogens is 302 g/mol. The van der Waals surface area contributed by atoms with Crippen LogP contribution in [0.3, 0.4) is 0 Å². The van der Waals surface area contributed by atoms with E-state index in [0.29, 0.717) is 0 Å². The van der Waals surface area contributed by atoms with Crippen molar-refractivity contribution in [1.29, 1.82) is 0 Å². The Morgan fingerprint density at radius 2 is 1.79 bits per heavy atom. The van der Waals surface area contributed by atoms with Gasteiger partial charge in [0, 0.05) is 10.0 Å². The summed E-state index contributed by atoms with van der Waals surface area (Å²) in [5.41, 5.74) is 9.18. The first kappa shape index (κ1) is 14.1. The fraction of sp³-hybridized carbons (Fsp3) is 0.250. The molecule has 2 aromatic carbocycles. The third-order valence-corrected chi connectivity index (χ3v) is 4.04. The molecule has 1 atom stereocenters. The molecule has 3 heteroatoms. The van der Waals surface area contributed by atoms with Gasteiger partial charge in [0.25, 0.3) is 0 Å². The first-order valence-electron chi connectivity index (χ1n) is 6.16. The Labute approximate surface area is 122 Å². The highest BCUT2D eigenvalue weighted by molar-refractivity contribution is 9.10. The van der Waals surface area contributed by atoms with E-state index in [9.17, 15) is 0 Å². The molecule has 0 amide bonds. The summed E-state index contributed by atoms with van der Waals surface area (Å²) >= 11 is 3.57. The molecule has 0 aliphatic carbocycles. The van der Waals surface area contributed by atoms with Crippen molar-refractivity contribution < 1.29 is 4.74 Å². The van der Waals surface area contributed by atoms with Crippen molar-refractivity contribution in [2.75, 3.05) is 7.11 Å². The van der Waals surface area contributed by atoms with Crippen LogP contribution in [0.5, 0.6) is 5.75 Å². The van der Waals surface area contributed by atoms with Gasteiger partial charge in [0.1, 0.15) is 5.75 Å². The Balaban J connectivity index is 2.62. The van der Waals surface area contributed by atoms with Crippen molar-refractivity contribution in [3.8, 4) is 5.75 Å². The number of halogens is 1. The summed E-state index contributed by atoms with van der Waals surface area (Å²) in [4.78, 5) is 0. The molecule has 2 nitrogen and oxygen atoms in total. The van der Waals surface area contributed by atoms with E-state index in [1.165, 1.54) is 5.56 Å². The lowest BCUT2D eigenvalue weighted by molar-refractivity contribution is 0.398. The molecule has 1 unspecified atom stereocenters. The van der Waals surface area contributed by atoms with Gasteiger partial charge >= 0.3 is 0 Å². The Bertz CT molecular complexity index is 593. The van der Waals surface area contributed by atoms with Gasteiger partial charge in [-0.2, -0.15) is 0 Å². The summed E-state index contributed by atoms with van der Waals surface area (Å²) in [6, 6.07) is 14.1. The number of hydrogen-bond donors (Lipinski definition) is 1. The fourth-order valence-corrected chi connectivity index (χ4v) is 2.95. The monoisotopic (exact) mass is 319 g/mol. The van der Waals surface area contributed by atoms with Gasteiger partial charge in [0.05, 0.1) is 12.6 Å². The summed E-state index contributed by atoms with van der Waals surface area (Å²) < 4.78 is 6.46. The molecule has 2 N–H and O–H groups in total. The highest BCUT2D eigenvalue weighted by atomic mass is 79.9. The molecule has 0 aliphatic heterocycles. The molecule has 100 valence electrons. The maximum Gasteiger partial charge on any atom is 0.124 e. The minimum Gasteiger partial charge on any atom is -0.496 e. The van der Waals surface area contributed by atoms with E-state index in [0.717, 1.165) is 21.3 Å². The Morgan fingerprint density at radius 3 is 2.42 bits per heavy atom. The second kappa shape index (κ2) is 5.35. The summed E-state index contributed by atoms with van der Waals surface area (Å²) in [7, 11) is 1.67. The highest BCUT2D eigenvalue weighted by Crippen LogP contribution is 2.37. The van der Waals surface area contributed by atoms with E-state index in [-0.39, 0.29) is 0 Å². The first-order chi connectivity index (χ1) is 8.96. The van der Waals surface area contributed by atoms with Crippen LogP contribution in [0.4, 0.5) is 0 Å². The van der Waals surface area contributed by atoms with E-state index < -0.39 is 5.54 Å². The van der Waals surface area contributed by atoms with Crippen molar-refractivity contribution in [3.05, 3.63) is 63.6 Å². The zero-order valence-electron chi connectivity index (χ0n) is 11.4. The summed E-state index contributed by atoms with van der Waals surface area (Å²) in [6.45, 7) is 4.06. The number of rotatable bonds is 3. The van der Waals surface area contributed by atoms with Crippen LogP contribution in [0.25, 0.3) is 0 Å². The third kappa shape index (κ3) is 2.67.